The fourth-order valence-corrected chi connectivity index (χ4v) is 5.23. The molecule has 0 aliphatic carbocycles. The van der Waals surface area contributed by atoms with Crippen LogP contribution in [0.4, 0.5) is 11.4 Å². The zero-order valence-electron chi connectivity index (χ0n) is 18.7. The first-order chi connectivity index (χ1) is 16.2. The summed E-state index contributed by atoms with van der Waals surface area (Å²) in [5, 5.41) is 0.703. The molecule has 0 unspecified atom stereocenters. The second-order valence-corrected chi connectivity index (χ2v) is 9.20. The number of thioether (sulfide) groups is 1. The standard InChI is InChI=1S/C27H27N3O2S/c1-2-30-26(31)25(19-23-15-16-24(32-23)20-9-5-3-6-10-20)33-27(30)28-21-11-13-22(14-12-21)29-17-7-4-8-18-29/h3,5-6,9-16,19H,2,4,7-8,17-18H2,1H3/b25-19-,28-27?. The fraction of sp³-hybridized carbons (Fsp3) is 0.259. The van der Waals surface area contributed by atoms with Crippen molar-refractivity contribution in [2.75, 3.05) is 24.5 Å². The van der Waals surface area contributed by atoms with Crippen molar-refractivity contribution >= 4 is 40.3 Å². The van der Waals surface area contributed by atoms with Crippen LogP contribution < -0.4 is 4.90 Å². The van der Waals surface area contributed by atoms with Crippen molar-refractivity contribution in [2.24, 2.45) is 4.99 Å². The molecule has 1 amide bonds. The Hall–Kier alpha value is -3.25. The summed E-state index contributed by atoms with van der Waals surface area (Å²) in [5.41, 5.74) is 3.11. The zero-order chi connectivity index (χ0) is 22.6. The van der Waals surface area contributed by atoms with Crippen LogP contribution in [0.2, 0.25) is 0 Å². The topological polar surface area (TPSA) is 49.1 Å². The lowest BCUT2D eigenvalue weighted by Gasteiger charge is -2.28. The SMILES string of the molecule is CCN1C(=O)/C(=C/c2ccc(-c3ccccc3)o2)SC1=Nc1ccc(N2CCCCC2)cc1. The van der Waals surface area contributed by atoms with Crippen LogP contribution in [-0.4, -0.2) is 35.6 Å². The normalized spacial score (nSPS) is 19.1. The molecule has 2 aromatic carbocycles. The van der Waals surface area contributed by atoms with Gasteiger partial charge in [-0.3, -0.25) is 9.69 Å². The lowest BCUT2D eigenvalue weighted by Crippen LogP contribution is -2.29. The summed E-state index contributed by atoms with van der Waals surface area (Å²) in [4.78, 5) is 22.5. The van der Waals surface area contributed by atoms with Gasteiger partial charge in [-0.1, -0.05) is 30.3 Å². The van der Waals surface area contributed by atoms with Gasteiger partial charge in [0.25, 0.3) is 5.91 Å². The number of furan rings is 1. The summed E-state index contributed by atoms with van der Waals surface area (Å²) >= 11 is 1.40. The average Bonchev–Trinajstić information content (AvgIpc) is 3.45. The maximum atomic E-state index is 13.0. The molecule has 3 aromatic rings. The highest BCUT2D eigenvalue weighted by molar-refractivity contribution is 8.18. The van der Waals surface area contributed by atoms with Crippen LogP contribution in [0.3, 0.4) is 0 Å². The van der Waals surface area contributed by atoms with E-state index in [1.807, 2.05) is 67.6 Å². The van der Waals surface area contributed by atoms with Gasteiger partial charge >= 0.3 is 0 Å². The van der Waals surface area contributed by atoms with Gasteiger partial charge in [-0.05, 0) is 74.3 Å². The van der Waals surface area contributed by atoms with E-state index in [2.05, 4.69) is 17.0 Å². The maximum Gasteiger partial charge on any atom is 0.266 e. The molecule has 0 atom stereocenters. The van der Waals surface area contributed by atoms with Gasteiger partial charge in [0.05, 0.1) is 10.6 Å². The lowest BCUT2D eigenvalue weighted by molar-refractivity contribution is -0.122. The first-order valence-electron chi connectivity index (χ1n) is 11.5. The Morgan fingerprint density at radius 3 is 2.45 bits per heavy atom. The minimum atomic E-state index is -0.0381. The van der Waals surface area contributed by atoms with Gasteiger partial charge in [0, 0.05) is 37.0 Å². The van der Waals surface area contributed by atoms with Crippen LogP contribution in [0.25, 0.3) is 17.4 Å². The monoisotopic (exact) mass is 457 g/mol. The van der Waals surface area contributed by atoms with E-state index in [0.717, 1.165) is 30.1 Å². The first-order valence-corrected chi connectivity index (χ1v) is 12.3. The van der Waals surface area contributed by atoms with E-state index < -0.39 is 0 Å². The van der Waals surface area contributed by atoms with Crippen LogP contribution in [0.1, 0.15) is 31.9 Å². The highest BCUT2D eigenvalue weighted by atomic mass is 32.2. The van der Waals surface area contributed by atoms with Crippen LogP contribution >= 0.6 is 11.8 Å². The third kappa shape index (κ3) is 4.76. The molecule has 0 N–H and O–H groups in total. The summed E-state index contributed by atoms with van der Waals surface area (Å²) in [6.45, 7) is 4.78. The molecule has 2 saturated heterocycles. The number of likely N-dealkylation sites (N-methyl/N-ethyl adjacent to an activating group) is 1. The van der Waals surface area contributed by atoms with Crippen LogP contribution in [0.5, 0.6) is 0 Å². The molecule has 0 spiro atoms. The summed E-state index contributed by atoms with van der Waals surface area (Å²) in [6, 6.07) is 22.1. The number of nitrogens with zero attached hydrogens (tertiary/aromatic N) is 3. The molecular formula is C27H27N3O2S. The first kappa shape index (κ1) is 21.6. The third-order valence-corrected chi connectivity index (χ3v) is 6.97. The Bertz CT molecular complexity index is 1180. The van der Waals surface area contributed by atoms with Crippen LogP contribution in [0.15, 0.2) is 81.0 Å². The minimum absolute atomic E-state index is 0.0381. The van der Waals surface area contributed by atoms with Gasteiger partial charge in [0.2, 0.25) is 0 Å². The second-order valence-electron chi connectivity index (χ2n) is 8.19. The summed E-state index contributed by atoms with van der Waals surface area (Å²) in [7, 11) is 0. The van der Waals surface area contributed by atoms with Crippen molar-refractivity contribution in [2.45, 2.75) is 26.2 Å². The Morgan fingerprint density at radius 2 is 1.73 bits per heavy atom. The van der Waals surface area contributed by atoms with Gasteiger partial charge < -0.3 is 9.32 Å². The molecule has 1 aromatic heterocycles. The van der Waals surface area contributed by atoms with Crippen molar-refractivity contribution < 1.29 is 9.21 Å². The van der Waals surface area contributed by atoms with E-state index in [9.17, 15) is 4.79 Å². The van der Waals surface area contributed by atoms with E-state index >= 15 is 0 Å². The van der Waals surface area contributed by atoms with Crippen molar-refractivity contribution in [1.29, 1.82) is 0 Å². The molecule has 5 nitrogen and oxygen atoms in total. The van der Waals surface area contributed by atoms with Gasteiger partial charge in [-0.15, -0.1) is 0 Å². The fourth-order valence-electron chi connectivity index (χ4n) is 4.19. The molecule has 0 radical (unpaired) electrons. The van der Waals surface area contributed by atoms with Crippen molar-refractivity contribution in [3.63, 3.8) is 0 Å². The van der Waals surface area contributed by atoms with Gasteiger partial charge in [-0.25, -0.2) is 4.99 Å². The molecule has 2 fully saturated rings. The van der Waals surface area contributed by atoms with Gasteiger partial charge in [0.1, 0.15) is 11.5 Å². The molecule has 3 heterocycles. The van der Waals surface area contributed by atoms with Crippen molar-refractivity contribution in [3.8, 4) is 11.3 Å². The minimum Gasteiger partial charge on any atom is -0.457 e. The van der Waals surface area contributed by atoms with Gasteiger partial charge in [0.15, 0.2) is 5.17 Å². The molecule has 0 bridgehead atoms. The molecule has 0 saturated carbocycles. The number of amidine groups is 1. The molecule has 5 rings (SSSR count). The second kappa shape index (κ2) is 9.71. The predicted octanol–water partition coefficient (Wildman–Crippen LogP) is 6.56. The highest BCUT2D eigenvalue weighted by Gasteiger charge is 2.32. The maximum absolute atomic E-state index is 13.0. The third-order valence-electron chi connectivity index (χ3n) is 5.96. The molecule has 2 aliphatic heterocycles. The van der Waals surface area contributed by atoms with Crippen molar-refractivity contribution in [1.82, 2.24) is 4.90 Å². The summed E-state index contributed by atoms with van der Waals surface area (Å²) < 4.78 is 5.97. The molecule has 2 aliphatic rings. The Balaban J connectivity index is 1.35. The number of carbonyl (C=O) groups is 1. The number of aliphatic imine (C=N–C) groups is 1. The number of piperidine rings is 1. The number of hydrogen-bond donors (Lipinski definition) is 0. The highest BCUT2D eigenvalue weighted by Crippen LogP contribution is 2.35. The molecular weight excluding hydrogens is 430 g/mol. The Morgan fingerprint density at radius 1 is 0.970 bits per heavy atom. The van der Waals surface area contributed by atoms with E-state index in [4.69, 9.17) is 9.41 Å². The van der Waals surface area contributed by atoms with E-state index in [1.165, 1.54) is 36.7 Å². The number of rotatable bonds is 5. The summed E-state index contributed by atoms with van der Waals surface area (Å²) in [6.07, 6.45) is 5.64. The van der Waals surface area contributed by atoms with Crippen LogP contribution in [-0.2, 0) is 4.79 Å². The predicted molar refractivity (Wildman–Crippen MR) is 137 cm³/mol. The number of hydrogen-bond acceptors (Lipinski definition) is 5. The smallest absolute Gasteiger partial charge is 0.266 e. The quantitative estimate of drug-likeness (QED) is 0.407. The van der Waals surface area contributed by atoms with E-state index in [1.54, 1.807) is 4.90 Å². The number of carbonyl (C=O) groups excluding carboxylic acids is 1. The number of amides is 1. The largest absolute Gasteiger partial charge is 0.457 e. The molecule has 6 heteroatoms. The van der Waals surface area contributed by atoms with Crippen molar-refractivity contribution in [3.05, 3.63) is 77.4 Å². The number of benzene rings is 2. The summed E-state index contributed by atoms with van der Waals surface area (Å²) in [5.74, 6) is 1.41. The molecule has 168 valence electrons. The number of anilines is 1. The zero-order valence-corrected chi connectivity index (χ0v) is 19.6. The van der Waals surface area contributed by atoms with Crippen LogP contribution in [0, 0.1) is 0 Å². The van der Waals surface area contributed by atoms with Gasteiger partial charge in [-0.2, -0.15) is 0 Å². The lowest BCUT2D eigenvalue weighted by atomic mass is 10.1. The van der Waals surface area contributed by atoms with E-state index in [-0.39, 0.29) is 5.91 Å². The van der Waals surface area contributed by atoms with E-state index in [0.29, 0.717) is 22.4 Å². The average molecular weight is 458 g/mol. The Kier molecular flexibility index (Phi) is 6.35. The Labute approximate surface area is 198 Å². The molecule has 33 heavy (non-hydrogen) atoms.